The molecule has 1 aliphatic rings. The molecule has 0 bridgehead atoms. The van der Waals surface area contributed by atoms with Crippen molar-refractivity contribution in [2.24, 2.45) is 5.92 Å². The summed E-state index contributed by atoms with van der Waals surface area (Å²) in [7, 11) is 0. The smallest absolute Gasteiger partial charge is 0.228 e. The van der Waals surface area contributed by atoms with E-state index in [4.69, 9.17) is 4.74 Å². The van der Waals surface area contributed by atoms with E-state index in [1.807, 2.05) is 17.9 Å². The molecule has 1 aromatic carbocycles. The van der Waals surface area contributed by atoms with Crippen LogP contribution >= 0.6 is 0 Å². The molecule has 1 amide bonds. The summed E-state index contributed by atoms with van der Waals surface area (Å²) >= 11 is 0. The summed E-state index contributed by atoms with van der Waals surface area (Å²) in [6.45, 7) is 5.12. The summed E-state index contributed by atoms with van der Waals surface area (Å²) in [6.07, 6.45) is 4.08. The van der Waals surface area contributed by atoms with Crippen LogP contribution in [-0.2, 0) is 16.0 Å². The quantitative estimate of drug-likeness (QED) is 0.809. The molecule has 3 rings (SSSR count). The van der Waals surface area contributed by atoms with E-state index >= 15 is 0 Å². The van der Waals surface area contributed by atoms with Crippen molar-refractivity contribution in [1.29, 1.82) is 0 Å². The van der Waals surface area contributed by atoms with Crippen molar-refractivity contribution < 1.29 is 13.9 Å². The predicted octanol–water partition coefficient (Wildman–Crippen LogP) is 2.83. The Morgan fingerprint density at radius 2 is 1.96 bits per heavy atom. The highest BCUT2D eigenvalue weighted by molar-refractivity contribution is 5.78. The molecule has 1 aromatic heterocycles. The Bertz CT molecular complexity index is 691. The number of hydrogen-bond acceptors (Lipinski definition) is 3. The Morgan fingerprint density at radius 3 is 2.64 bits per heavy atom. The number of benzene rings is 1. The first kappa shape index (κ1) is 17.6. The van der Waals surface area contributed by atoms with Gasteiger partial charge in [-0.25, -0.2) is 9.07 Å². The Kier molecular flexibility index (Phi) is 5.81. The van der Waals surface area contributed by atoms with Crippen LogP contribution in [0.1, 0.15) is 25.5 Å². The number of aromatic nitrogens is 2. The maximum Gasteiger partial charge on any atom is 0.228 e. The Labute approximate surface area is 147 Å². The van der Waals surface area contributed by atoms with Crippen LogP contribution in [0, 0.1) is 11.7 Å². The van der Waals surface area contributed by atoms with Crippen LogP contribution in [0.4, 0.5) is 4.39 Å². The van der Waals surface area contributed by atoms with Gasteiger partial charge < -0.3 is 9.64 Å². The Balaban J connectivity index is 1.53. The summed E-state index contributed by atoms with van der Waals surface area (Å²) < 4.78 is 20.1. The molecule has 0 saturated carbocycles. The van der Waals surface area contributed by atoms with Gasteiger partial charge in [0.2, 0.25) is 5.91 Å². The molecule has 0 unspecified atom stereocenters. The van der Waals surface area contributed by atoms with Crippen molar-refractivity contribution in [1.82, 2.24) is 14.7 Å². The fourth-order valence-corrected chi connectivity index (χ4v) is 3.09. The van der Waals surface area contributed by atoms with Crippen molar-refractivity contribution in [3.05, 3.63) is 48.0 Å². The largest absolute Gasteiger partial charge is 0.381 e. The minimum atomic E-state index is -0.279. The number of halogens is 1. The first-order valence-electron chi connectivity index (χ1n) is 8.81. The number of amides is 1. The van der Waals surface area contributed by atoms with E-state index in [9.17, 15) is 9.18 Å². The lowest BCUT2D eigenvalue weighted by molar-refractivity contribution is -0.132. The molecule has 1 saturated heterocycles. The van der Waals surface area contributed by atoms with E-state index in [-0.39, 0.29) is 11.7 Å². The van der Waals surface area contributed by atoms with Crippen LogP contribution in [0.3, 0.4) is 0 Å². The molecule has 0 N–H and O–H groups in total. The minimum absolute atomic E-state index is 0.110. The number of ether oxygens (including phenoxy) is 1. The lowest BCUT2D eigenvalue weighted by atomic mass is 9.97. The van der Waals surface area contributed by atoms with Gasteiger partial charge in [-0.1, -0.05) is 0 Å². The number of carbonyl (C=O) groups excluding carboxylic acids is 1. The third-order valence-electron chi connectivity index (χ3n) is 4.59. The fourth-order valence-electron chi connectivity index (χ4n) is 3.09. The lowest BCUT2D eigenvalue weighted by Gasteiger charge is -2.31. The van der Waals surface area contributed by atoms with Gasteiger partial charge in [0.1, 0.15) is 5.82 Å². The van der Waals surface area contributed by atoms with Crippen LogP contribution in [0.15, 0.2) is 36.5 Å². The van der Waals surface area contributed by atoms with Gasteiger partial charge >= 0.3 is 0 Å². The van der Waals surface area contributed by atoms with E-state index in [1.165, 1.54) is 12.1 Å². The van der Waals surface area contributed by atoms with Crippen molar-refractivity contribution in [2.45, 2.75) is 26.2 Å². The van der Waals surface area contributed by atoms with Gasteiger partial charge in [0, 0.05) is 32.5 Å². The highest BCUT2D eigenvalue weighted by Crippen LogP contribution is 2.18. The van der Waals surface area contributed by atoms with Gasteiger partial charge in [-0.05, 0) is 56.0 Å². The fraction of sp³-hybridized carbons (Fsp3) is 0.474. The zero-order chi connectivity index (χ0) is 17.6. The molecule has 25 heavy (non-hydrogen) atoms. The first-order chi connectivity index (χ1) is 12.2. The third-order valence-corrected chi connectivity index (χ3v) is 4.59. The molecular weight excluding hydrogens is 321 g/mol. The molecule has 1 fully saturated rings. The van der Waals surface area contributed by atoms with E-state index < -0.39 is 0 Å². The van der Waals surface area contributed by atoms with Crippen molar-refractivity contribution in [2.75, 3.05) is 26.3 Å². The molecule has 1 aliphatic heterocycles. The maximum atomic E-state index is 13.0. The minimum Gasteiger partial charge on any atom is -0.381 e. The topological polar surface area (TPSA) is 47.4 Å². The van der Waals surface area contributed by atoms with Crippen LogP contribution < -0.4 is 0 Å². The lowest BCUT2D eigenvalue weighted by Crippen LogP contribution is -2.40. The maximum absolute atomic E-state index is 13.0. The molecule has 6 heteroatoms. The number of hydrogen-bond donors (Lipinski definition) is 0. The van der Waals surface area contributed by atoms with E-state index in [0.717, 1.165) is 50.5 Å². The average Bonchev–Trinajstić information content (AvgIpc) is 3.09. The van der Waals surface area contributed by atoms with E-state index in [0.29, 0.717) is 12.3 Å². The SMILES string of the molecule is CCOCC1CCN(C(=O)Cc2ccn(-c3ccc(F)cc3)n2)CC1. The molecule has 2 aromatic rings. The molecule has 5 nitrogen and oxygen atoms in total. The Hall–Kier alpha value is -2.21. The second-order valence-corrected chi connectivity index (χ2v) is 6.39. The summed E-state index contributed by atoms with van der Waals surface area (Å²) in [5.41, 5.74) is 1.50. The van der Waals surface area contributed by atoms with Crippen molar-refractivity contribution >= 4 is 5.91 Å². The second-order valence-electron chi connectivity index (χ2n) is 6.39. The number of carbonyl (C=O) groups is 1. The average molecular weight is 345 g/mol. The van der Waals surface area contributed by atoms with Crippen molar-refractivity contribution in [3.8, 4) is 5.69 Å². The Morgan fingerprint density at radius 1 is 1.24 bits per heavy atom. The third kappa shape index (κ3) is 4.66. The van der Waals surface area contributed by atoms with Crippen LogP contribution in [-0.4, -0.2) is 46.9 Å². The highest BCUT2D eigenvalue weighted by Gasteiger charge is 2.23. The number of likely N-dealkylation sites (tertiary alicyclic amines) is 1. The number of nitrogens with zero attached hydrogens (tertiary/aromatic N) is 3. The normalized spacial score (nSPS) is 15.5. The zero-order valence-corrected chi connectivity index (χ0v) is 14.5. The van der Waals surface area contributed by atoms with E-state index in [2.05, 4.69) is 5.10 Å². The van der Waals surface area contributed by atoms with Gasteiger partial charge in [-0.3, -0.25) is 4.79 Å². The monoisotopic (exact) mass is 345 g/mol. The van der Waals surface area contributed by atoms with Crippen LogP contribution in [0.2, 0.25) is 0 Å². The molecule has 0 radical (unpaired) electrons. The zero-order valence-electron chi connectivity index (χ0n) is 14.5. The molecule has 0 spiro atoms. The van der Waals surface area contributed by atoms with Gasteiger partial charge in [-0.2, -0.15) is 5.10 Å². The van der Waals surface area contributed by atoms with Gasteiger partial charge in [0.25, 0.3) is 0 Å². The van der Waals surface area contributed by atoms with Crippen molar-refractivity contribution in [3.63, 3.8) is 0 Å². The van der Waals surface area contributed by atoms with Gasteiger partial charge in [0.05, 0.1) is 17.8 Å². The molecular formula is C19H24FN3O2. The summed E-state index contributed by atoms with van der Waals surface area (Å²) in [6, 6.07) is 7.96. The van der Waals surface area contributed by atoms with Crippen LogP contribution in [0.25, 0.3) is 5.69 Å². The van der Waals surface area contributed by atoms with Gasteiger partial charge in [-0.15, -0.1) is 0 Å². The molecule has 0 atom stereocenters. The number of rotatable bonds is 6. The number of piperidine rings is 1. The second kappa shape index (κ2) is 8.25. The molecule has 134 valence electrons. The summed E-state index contributed by atoms with van der Waals surface area (Å²) in [5.74, 6) is 0.389. The van der Waals surface area contributed by atoms with E-state index in [1.54, 1.807) is 23.0 Å². The highest BCUT2D eigenvalue weighted by atomic mass is 19.1. The molecule has 0 aliphatic carbocycles. The first-order valence-corrected chi connectivity index (χ1v) is 8.81. The summed E-state index contributed by atoms with van der Waals surface area (Å²) in [5, 5.41) is 4.43. The summed E-state index contributed by atoms with van der Waals surface area (Å²) in [4.78, 5) is 14.4. The standard InChI is InChI=1S/C19H24FN3O2/c1-2-25-14-15-7-10-22(11-8-15)19(24)13-17-9-12-23(21-17)18-5-3-16(20)4-6-18/h3-6,9,12,15H,2,7-8,10-11,13-14H2,1H3. The van der Waals surface area contributed by atoms with Crippen LogP contribution in [0.5, 0.6) is 0 Å². The van der Waals surface area contributed by atoms with Gasteiger partial charge in [0.15, 0.2) is 0 Å². The molecule has 2 heterocycles. The predicted molar refractivity (Wildman–Crippen MR) is 93.0 cm³/mol.